The molecule has 0 aromatic rings. The van der Waals surface area contributed by atoms with Crippen molar-refractivity contribution in [3.63, 3.8) is 0 Å². The van der Waals surface area contributed by atoms with Gasteiger partial charge in [-0.3, -0.25) is 4.79 Å². The average molecular weight is 415 g/mol. The van der Waals surface area contributed by atoms with E-state index >= 15 is 0 Å². The van der Waals surface area contributed by atoms with Crippen molar-refractivity contribution in [3.05, 3.63) is 11.6 Å². The number of allylic oxidation sites excluding steroid dienone is 2. The molecule has 30 heavy (non-hydrogen) atoms. The summed E-state index contributed by atoms with van der Waals surface area (Å²) in [5.74, 6) is 4.66. The summed E-state index contributed by atoms with van der Waals surface area (Å²) in [7, 11) is 0. The number of ether oxygens (including phenoxy) is 2. The number of carbonyl (C=O) groups excluding carboxylic acids is 1. The van der Waals surface area contributed by atoms with Crippen LogP contribution in [0, 0.1) is 46.3 Å². The van der Waals surface area contributed by atoms with Gasteiger partial charge in [0.2, 0.25) is 0 Å². The largest absolute Gasteiger partial charge is 0.393 e. The molecule has 6 rings (SSSR count). The number of hydrogen-bond donors (Lipinski definition) is 1. The first kappa shape index (κ1) is 19.9. The number of fused-ring (bicyclic) bond motifs is 6. The molecular formula is C26H38O4. The molecule has 0 aromatic heterocycles. The van der Waals surface area contributed by atoms with E-state index in [4.69, 9.17) is 9.47 Å². The Balaban J connectivity index is 1.28. The molecule has 4 nitrogen and oxygen atoms in total. The van der Waals surface area contributed by atoms with Crippen LogP contribution in [0.15, 0.2) is 11.6 Å². The van der Waals surface area contributed by atoms with E-state index in [0.29, 0.717) is 36.8 Å². The molecule has 1 N–H and O–H groups in total. The lowest BCUT2D eigenvalue weighted by Gasteiger charge is -2.60. The normalized spacial score (nSPS) is 49.1. The standard InChI is InChI=1S/C26H38O4/c1-25-9-7-16(27)13-20(25)17-14-18(17)23-19(25)8-10-26(2,24(23)15-3-4-15)21(28)5-6-22-29-11-12-30-22/h13,15,17-19,21-24,28H,3-12,14H2,1-2H3/t17-,18+,19?,21-,23?,24?,25-,26-/m1/s1. The van der Waals surface area contributed by atoms with E-state index in [0.717, 1.165) is 49.9 Å². The van der Waals surface area contributed by atoms with Crippen LogP contribution in [0.1, 0.15) is 71.6 Å². The van der Waals surface area contributed by atoms with Crippen LogP contribution in [0.5, 0.6) is 0 Å². The van der Waals surface area contributed by atoms with Crippen molar-refractivity contribution >= 4 is 5.78 Å². The predicted octanol–water partition coefficient (Wildman–Crippen LogP) is 4.50. The molecule has 1 aliphatic heterocycles. The lowest BCUT2D eigenvalue weighted by Crippen LogP contribution is -2.55. The second-order valence-corrected chi connectivity index (χ2v) is 11.8. The van der Waals surface area contributed by atoms with E-state index in [2.05, 4.69) is 19.9 Å². The minimum Gasteiger partial charge on any atom is -0.393 e. The van der Waals surface area contributed by atoms with Crippen molar-refractivity contribution in [3.8, 4) is 0 Å². The van der Waals surface area contributed by atoms with Gasteiger partial charge in [0.25, 0.3) is 0 Å². The van der Waals surface area contributed by atoms with Gasteiger partial charge in [-0.2, -0.15) is 0 Å². The molecule has 1 saturated heterocycles. The number of aliphatic hydroxyl groups excluding tert-OH is 1. The van der Waals surface area contributed by atoms with Gasteiger partial charge in [-0.1, -0.05) is 19.4 Å². The molecule has 4 heteroatoms. The SMILES string of the molecule is C[C@]12CCC(=O)C=C1[C@@H]1C[C@@H]1C1C2CC[C@](C)([C@H](O)CCC2OCCO2)C1C1CC1. The van der Waals surface area contributed by atoms with Gasteiger partial charge < -0.3 is 14.6 Å². The first-order valence-electron chi connectivity index (χ1n) is 12.6. The Morgan fingerprint density at radius 3 is 2.67 bits per heavy atom. The summed E-state index contributed by atoms with van der Waals surface area (Å²) >= 11 is 0. The molecular weight excluding hydrogens is 376 g/mol. The quantitative estimate of drug-likeness (QED) is 0.719. The van der Waals surface area contributed by atoms with Gasteiger partial charge in [0, 0.05) is 12.8 Å². The van der Waals surface area contributed by atoms with Crippen LogP contribution in [0.2, 0.25) is 0 Å². The van der Waals surface area contributed by atoms with Crippen LogP contribution in [0.25, 0.3) is 0 Å². The van der Waals surface area contributed by atoms with Crippen LogP contribution < -0.4 is 0 Å². The molecule has 0 spiro atoms. The van der Waals surface area contributed by atoms with Crippen molar-refractivity contribution in [1.82, 2.24) is 0 Å². The second-order valence-electron chi connectivity index (χ2n) is 11.8. The van der Waals surface area contributed by atoms with Crippen LogP contribution >= 0.6 is 0 Å². The molecule has 3 unspecified atom stereocenters. The van der Waals surface area contributed by atoms with E-state index in [1.165, 1.54) is 31.3 Å². The third-order valence-electron chi connectivity index (χ3n) is 10.3. The van der Waals surface area contributed by atoms with E-state index in [1.807, 2.05) is 0 Å². The maximum absolute atomic E-state index is 12.2. The first-order chi connectivity index (χ1) is 14.4. The smallest absolute Gasteiger partial charge is 0.157 e. The van der Waals surface area contributed by atoms with Gasteiger partial charge in [0.15, 0.2) is 12.1 Å². The Morgan fingerprint density at radius 2 is 1.93 bits per heavy atom. The first-order valence-corrected chi connectivity index (χ1v) is 12.6. The molecule has 166 valence electrons. The van der Waals surface area contributed by atoms with Crippen LogP contribution in [-0.2, 0) is 14.3 Å². The van der Waals surface area contributed by atoms with E-state index in [1.54, 1.807) is 0 Å². The van der Waals surface area contributed by atoms with Crippen molar-refractivity contribution in [1.29, 1.82) is 0 Å². The van der Waals surface area contributed by atoms with Gasteiger partial charge in [0.1, 0.15) is 0 Å². The van der Waals surface area contributed by atoms with Gasteiger partial charge in [-0.25, -0.2) is 0 Å². The van der Waals surface area contributed by atoms with Gasteiger partial charge in [-0.15, -0.1) is 0 Å². The Morgan fingerprint density at radius 1 is 1.17 bits per heavy atom. The van der Waals surface area contributed by atoms with Gasteiger partial charge >= 0.3 is 0 Å². The van der Waals surface area contributed by atoms with E-state index < -0.39 is 0 Å². The van der Waals surface area contributed by atoms with Gasteiger partial charge in [-0.05, 0) is 97.4 Å². The third kappa shape index (κ3) is 2.93. The fraction of sp³-hybridized carbons (Fsp3) is 0.885. The molecule has 6 aliphatic rings. The molecule has 5 aliphatic carbocycles. The Labute approximate surface area is 180 Å². The van der Waals surface area contributed by atoms with Crippen molar-refractivity contribution in [2.45, 2.75) is 84.0 Å². The number of rotatable bonds is 5. The maximum atomic E-state index is 12.2. The zero-order valence-electron chi connectivity index (χ0n) is 18.6. The summed E-state index contributed by atoms with van der Waals surface area (Å²) < 4.78 is 11.3. The fourth-order valence-electron chi connectivity index (χ4n) is 8.58. The molecule has 4 saturated carbocycles. The highest BCUT2D eigenvalue weighted by molar-refractivity contribution is 5.92. The predicted molar refractivity (Wildman–Crippen MR) is 113 cm³/mol. The third-order valence-corrected chi connectivity index (χ3v) is 10.3. The van der Waals surface area contributed by atoms with Crippen LogP contribution in [0.3, 0.4) is 0 Å². The Bertz CT molecular complexity index is 750. The van der Waals surface area contributed by atoms with Crippen molar-refractivity contribution < 1.29 is 19.4 Å². The molecule has 8 atom stereocenters. The lowest BCUT2D eigenvalue weighted by atomic mass is 9.45. The zero-order chi connectivity index (χ0) is 20.7. The minimum absolute atomic E-state index is 0.0101. The molecule has 0 radical (unpaired) electrons. The van der Waals surface area contributed by atoms with E-state index in [-0.39, 0.29) is 23.2 Å². The topological polar surface area (TPSA) is 55.8 Å². The highest BCUT2D eigenvalue weighted by Gasteiger charge is 2.68. The van der Waals surface area contributed by atoms with Crippen LogP contribution in [-0.4, -0.2) is 36.5 Å². The van der Waals surface area contributed by atoms with Crippen molar-refractivity contribution in [2.75, 3.05) is 13.2 Å². The summed E-state index contributed by atoms with van der Waals surface area (Å²) in [6.45, 7) is 6.26. The molecule has 0 aromatic carbocycles. The second kappa shape index (κ2) is 6.89. The van der Waals surface area contributed by atoms with Crippen molar-refractivity contribution in [2.24, 2.45) is 46.3 Å². The molecule has 0 amide bonds. The summed E-state index contributed by atoms with van der Waals surface area (Å²) in [5.41, 5.74) is 1.75. The average Bonchev–Trinajstić information content (AvgIpc) is 3.65. The lowest BCUT2D eigenvalue weighted by molar-refractivity contribution is -0.133. The highest BCUT2D eigenvalue weighted by Crippen LogP contribution is 2.74. The Kier molecular flexibility index (Phi) is 4.58. The number of carbonyl (C=O) groups is 1. The zero-order valence-corrected chi connectivity index (χ0v) is 18.6. The summed E-state index contributed by atoms with van der Waals surface area (Å²) in [5, 5.41) is 11.5. The number of ketones is 1. The van der Waals surface area contributed by atoms with E-state index in [9.17, 15) is 9.90 Å². The highest BCUT2D eigenvalue weighted by atomic mass is 16.7. The monoisotopic (exact) mass is 414 g/mol. The number of aliphatic hydroxyl groups is 1. The Hall–Kier alpha value is -0.710. The summed E-state index contributed by atoms with van der Waals surface area (Å²) in [6, 6.07) is 0. The number of hydrogen-bond acceptors (Lipinski definition) is 4. The summed E-state index contributed by atoms with van der Waals surface area (Å²) in [4.78, 5) is 12.2. The fourth-order valence-corrected chi connectivity index (χ4v) is 8.58. The maximum Gasteiger partial charge on any atom is 0.157 e. The summed E-state index contributed by atoms with van der Waals surface area (Å²) in [6.07, 6.45) is 11.4. The van der Waals surface area contributed by atoms with Crippen LogP contribution in [0.4, 0.5) is 0 Å². The molecule has 0 bridgehead atoms. The van der Waals surface area contributed by atoms with Gasteiger partial charge in [0.05, 0.1) is 19.3 Å². The molecule has 5 fully saturated rings. The minimum atomic E-state index is -0.272. The molecule has 1 heterocycles.